The molecule has 1 aromatic carbocycles. The Morgan fingerprint density at radius 2 is 1.93 bits per heavy atom. The van der Waals surface area contributed by atoms with Crippen LogP contribution in [0.25, 0.3) is 22.0 Å². The fraction of sp³-hybridized carbons (Fsp3) is 0.136. The molecule has 0 saturated heterocycles. The number of rotatable bonds is 4. The Labute approximate surface area is 166 Å². The summed E-state index contributed by atoms with van der Waals surface area (Å²) < 4.78 is 1.40. The normalized spacial score (nSPS) is 10.9. The van der Waals surface area contributed by atoms with Crippen LogP contribution in [-0.2, 0) is 13.6 Å². The first kappa shape index (κ1) is 18.1. The van der Waals surface area contributed by atoms with Crippen LogP contribution in [-0.4, -0.2) is 15.5 Å². The highest BCUT2D eigenvalue weighted by molar-refractivity contribution is 7.09. The van der Waals surface area contributed by atoms with E-state index in [2.05, 4.69) is 10.3 Å². The molecule has 4 rings (SSSR count). The second-order valence-corrected chi connectivity index (χ2v) is 7.65. The van der Waals surface area contributed by atoms with E-state index in [0.717, 1.165) is 16.0 Å². The van der Waals surface area contributed by atoms with Gasteiger partial charge in [0.1, 0.15) is 11.2 Å². The summed E-state index contributed by atoms with van der Waals surface area (Å²) in [6.45, 7) is 2.43. The van der Waals surface area contributed by atoms with Gasteiger partial charge in [-0.3, -0.25) is 14.6 Å². The summed E-state index contributed by atoms with van der Waals surface area (Å²) in [5.74, 6) is -0.283. The monoisotopic (exact) mass is 389 g/mol. The molecule has 0 aliphatic carbocycles. The predicted molar refractivity (Wildman–Crippen MR) is 113 cm³/mol. The predicted octanol–water partition coefficient (Wildman–Crippen LogP) is 3.90. The van der Waals surface area contributed by atoms with E-state index in [0.29, 0.717) is 28.7 Å². The minimum atomic E-state index is -0.285. The molecular formula is C22H19N3O2S. The number of aromatic nitrogens is 2. The third-order valence-electron chi connectivity index (χ3n) is 4.72. The molecule has 0 aliphatic heterocycles. The fourth-order valence-electron chi connectivity index (χ4n) is 3.28. The molecule has 28 heavy (non-hydrogen) atoms. The smallest absolute Gasteiger partial charge is 0.277 e. The van der Waals surface area contributed by atoms with Gasteiger partial charge in [-0.2, -0.15) is 0 Å². The van der Waals surface area contributed by atoms with Crippen molar-refractivity contribution in [2.24, 2.45) is 7.05 Å². The summed E-state index contributed by atoms with van der Waals surface area (Å²) in [6.07, 6.45) is 1.60. The van der Waals surface area contributed by atoms with Gasteiger partial charge in [0.05, 0.1) is 6.54 Å². The number of aryl methyl sites for hydroxylation is 1. The highest BCUT2D eigenvalue weighted by atomic mass is 32.1. The summed E-state index contributed by atoms with van der Waals surface area (Å²) in [7, 11) is 1.62. The Kier molecular flexibility index (Phi) is 4.79. The number of amides is 1. The van der Waals surface area contributed by atoms with Gasteiger partial charge in [0.15, 0.2) is 0 Å². The average molecular weight is 389 g/mol. The molecule has 3 aromatic heterocycles. The number of hydrogen-bond acceptors (Lipinski definition) is 4. The SMILES string of the molecule is Cc1ccc(-c2c(C(=O)NCc3cccs3)n(C)c(=O)c3ncccc23)cc1. The van der Waals surface area contributed by atoms with Crippen LogP contribution in [0.5, 0.6) is 0 Å². The van der Waals surface area contributed by atoms with Gasteiger partial charge in [0.25, 0.3) is 11.5 Å². The molecule has 0 saturated carbocycles. The minimum Gasteiger partial charge on any atom is -0.346 e. The summed E-state index contributed by atoms with van der Waals surface area (Å²) in [5, 5.41) is 5.59. The van der Waals surface area contributed by atoms with Gasteiger partial charge in [-0.05, 0) is 30.0 Å². The van der Waals surface area contributed by atoms with Crippen molar-refractivity contribution in [3.63, 3.8) is 0 Å². The van der Waals surface area contributed by atoms with Crippen LogP contribution in [0.2, 0.25) is 0 Å². The zero-order valence-corrected chi connectivity index (χ0v) is 16.4. The number of carbonyl (C=O) groups is 1. The molecule has 0 fully saturated rings. The minimum absolute atomic E-state index is 0.283. The van der Waals surface area contributed by atoms with Crippen LogP contribution in [0.15, 0.2) is 64.9 Å². The number of benzene rings is 1. The third kappa shape index (κ3) is 3.23. The van der Waals surface area contributed by atoms with E-state index in [1.54, 1.807) is 30.6 Å². The molecule has 0 bridgehead atoms. The second-order valence-electron chi connectivity index (χ2n) is 6.62. The van der Waals surface area contributed by atoms with Crippen molar-refractivity contribution >= 4 is 28.1 Å². The number of nitrogens with zero attached hydrogens (tertiary/aromatic N) is 2. The van der Waals surface area contributed by atoms with Gasteiger partial charge >= 0.3 is 0 Å². The van der Waals surface area contributed by atoms with Gasteiger partial charge in [-0.1, -0.05) is 42.0 Å². The van der Waals surface area contributed by atoms with Crippen molar-refractivity contribution in [1.82, 2.24) is 14.9 Å². The van der Waals surface area contributed by atoms with Crippen LogP contribution >= 0.6 is 11.3 Å². The van der Waals surface area contributed by atoms with E-state index >= 15 is 0 Å². The number of fused-ring (bicyclic) bond motifs is 1. The Morgan fingerprint density at radius 3 is 2.64 bits per heavy atom. The van der Waals surface area contributed by atoms with Crippen molar-refractivity contribution < 1.29 is 4.79 Å². The quantitative estimate of drug-likeness (QED) is 0.576. The van der Waals surface area contributed by atoms with Crippen LogP contribution in [0, 0.1) is 6.92 Å². The second kappa shape index (κ2) is 7.40. The largest absolute Gasteiger partial charge is 0.346 e. The van der Waals surface area contributed by atoms with Crippen LogP contribution in [0.1, 0.15) is 20.9 Å². The van der Waals surface area contributed by atoms with E-state index in [1.165, 1.54) is 4.57 Å². The van der Waals surface area contributed by atoms with Crippen LogP contribution in [0.3, 0.4) is 0 Å². The van der Waals surface area contributed by atoms with Gasteiger partial charge < -0.3 is 9.88 Å². The topological polar surface area (TPSA) is 64.0 Å². The maximum atomic E-state index is 13.1. The first-order chi connectivity index (χ1) is 13.6. The average Bonchev–Trinajstić information content (AvgIpc) is 3.23. The van der Waals surface area contributed by atoms with E-state index in [1.807, 2.05) is 54.8 Å². The fourth-order valence-corrected chi connectivity index (χ4v) is 3.92. The lowest BCUT2D eigenvalue weighted by Gasteiger charge is -2.17. The molecule has 1 N–H and O–H groups in total. The van der Waals surface area contributed by atoms with E-state index in [-0.39, 0.29) is 11.5 Å². The molecule has 0 aliphatic rings. The number of thiophene rings is 1. The van der Waals surface area contributed by atoms with Crippen molar-refractivity contribution in [1.29, 1.82) is 0 Å². The summed E-state index contributed by atoms with van der Waals surface area (Å²) in [4.78, 5) is 31.3. The molecule has 0 unspecified atom stereocenters. The maximum Gasteiger partial charge on any atom is 0.277 e. The molecular weight excluding hydrogens is 370 g/mol. The molecule has 0 atom stereocenters. The first-order valence-corrected chi connectivity index (χ1v) is 9.79. The Balaban J connectivity index is 1.92. The summed E-state index contributed by atoms with van der Waals surface area (Å²) in [5.41, 5.74) is 3.13. The Bertz CT molecular complexity index is 1210. The standard InChI is InChI=1S/C22H19N3O2S/c1-14-7-9-15(10-8-14)18-17-6-3-11-23-19(17)22(27)25(2)20(18)21(26)24-13-16-5-4-12-28-16/h3-12H,13H2,1-2H3,(H,24,26). The van der Waals surface area contributed by atoms with Gasteiger partial charge in [-0.15, -0.1) is 11.3 Å². The Morgan fingerprint density at radius 1 is 1.14 bits per heavy atom. The van der Waals surface area contributed by atoms with Crippen molar-refractivity contribution in [3.8, 4) is 11.1 Å². The molecule has 6 heteroatoms. The first-order valence-electron chi connectivity index (χ1n) is 8.91. The van der Waals surface area contributed by atoms with Crippen molar-refractivity contribution in [2.75, 3.05) is 0 Å². The lowest BCUT2D eigenvalue weighted by atomic mass is 9.97. The van der Waals surface area contributed by atoms with E-state index in [4.69, 9.17) is 0 Å². The number of carbonyl (C=O) groups excluding carboxylic acids is 1. The molecule has 140 valence electrons. The van der Waals surface area contributed by atoms with E-state index in [9.17, 15) is 9.59 Å². The Hall–Kier alpha value is -3.25. The van der Waals surface area contributed by atoms with Crippen molar-refractivity contribution in [3.05, 3.63) is 86.6 Å². The highest BCUT2D eigenvalue weighted by Crippen LogP contribution is 2.30. The molecule has 3 heterocycles. The maximum absolute atomic E-state index is 13.1. The van der Waals surface area contributed by atoms with Gasteiger partial charge in [-0.25, -0.2) is 0 Å². The molecule has 4 aromatic rings. The molecule has 1 amide bonds. The number of pyridine rings is 2. The third-order valence-corrected chi connectivity index (χ3v) is 5.59. The molecule has 0 radical (unpaired) electrons. The van der Waals surface area contributed by atoms with Gasteiger partial charge in [0, 0.05) is 29.1 Å². The molecule has 0 spiro atoms. The van der Waals surface area contributed by atoms with Crippen LogP contribution < -0.4 is 10.9 Å². The van der Waals surface area contributed by atoms with Crippen LogP contribution in [0.4, 0.5) is 0 Å². The number of nitrogens with one attached hydrogen (secondary N) is 1. The van der Waals surface area contributed by atoms with E-state index < -0.39 is 0 Å². The van der Waals surface area contributed by atoms with Crippen molar-refractivity contribution in [2.45, 2.75) is 13.5 Å². The number of hydrogen-bond donors (Lipinski definition) is 1. The highest BCUT2D eigenvalue weighted by Gasteiger charge is 2.22. The molecule has 5 nitrogen and oxygen atoms in total. The zero-order valence-electron chi connectivity index (χ0n) is 15.6. The summed E-state index contributed by atoms with van der Waals surface area (Å²) in [6, 6.07) is 15.5. The lowest BCUT2D eigenvalue weighted by molar-refractivity contribution is 0.0943. The van der Waals surface area contributed by atoms with Gasteiger partial charge in [0.2, 0.25) is 0 Å². The lowest BCUT2D eigenvalue weighted by Crippen LogP contribution is -2.32. The zero-order chi connectivity index (χ0) is 19.7. The summed E-state index contributed by atoms with van der Waals surface area (Å²) >= 11 is 1.58.